The molecule has 2 N–H and O–H groups in total. The first kappa shape index (κ1) is 11.9. The standard InChI is InChI=1S/C9H11ClN2O3/c10-9-6(4-8(14)15)5-11-7(12-9)2-1-3-13/h5,13H,1-4H2,(H,14,15). The minimum absolute atomic E-state index is 0.0673. The molecule has 1 heterocycles. The summed E-state index contributed by atoms with van der Waals surface area (Å²) in [5, 5.41) is 17.3. The Hall–Kier alpha value is -1.20. The minimum Gasteiger partial charge on any atom is -0.481 e. The van der Waals surface area contributed by atoms with Crippen molar-refractivity contribution in [3.8, 4) is 0 Å². The molecule has 15 heavy (non-hydrogen) atoms. The second kappa shape index (κ2) is 5.63. The first-order chi connectivity index (χ1) is 7.13. The summed E-state index contributed by atoms with van der Waals surface area (Å²) in [6.45, 7) is 0.0673. The number of aliphatic carboxylic acids is 1. The van der Waals surface area contributed by atoms with Gasteiger partial charge in [0.2, 0.25) is 0 Å². The van der Waals surface area contributed by atoms with Gasteiger partial charge in [-0.1, -0.05) is 11.6 Å². The van der Waals surface area contributed by atoms with Crippen molar-refractivity contribution in [2.75, 3.05) is 6.61 Å². The van der Waals surface area contributed by atoms with Crippen LogP contribution in [0.4, 0.5) is 0 Å². The Bertz CT molecular complexity index is 357. The highest BCUT2D eigenvalue weighted by Gasteiger charge is 2.08. The van der Waals surface area contributed by atoms with Crippen LogP contribution in [-0.2, 0) is 17.6 Å². The molecule has 1 rings (SSSR count). The van der Waals surface area contributed by atoms with E-state index in [1.54, 1.807) is 0 Å². The molecule has 0 spiro atoms. The Morgan fingerprint density at radius 1 is 1.53 bits per heavy atom. The molecule has 0 aliphatic rings. The number of carboxylic acid groups (broad SMARTS) is 1. The van der Waals surface area contributed by atoms with Crippen molar-refractivity contribution >= 4 is 17.6 Å². The van der Waals surface area contributed by atoms with E-state index >= 15 is 0 Å². The molecule has 1 aromatic rings. The van der Waals surface area contributed by atoms with Crippen molar-refractivity contribution in [2.24, 2.45) is 0 Å². The third kappa shape index (κ3) is 3.81. The highest BCUT2D eigenvalue weighted by molar-refractivity contribution is 6.30. The summed E-state index contributed by atoms with van der Waals surface area (Å²) < 4.78 is 0. The van der Waals surface area contributed by atoms with Gasteiger partial charge in [-0.3, -0.25) is 4.79 Å². The van der Waals surface area contributed by atoms with E-state index in [1.165, 1.54) is 6.20 Å². The van der Waals surface area contributed by atoms with Crippen molar-refractivity contribution in [3.63, 3.8) is 0 Å². The molecule has 0 atom stereocenters. The van der Waals surface area contributed by atoms with Gasteiger partial charge >= 0.3 is 5.97 Å². The van der Waals surface area contributed by atoms with Crippen LogP contribution in [0.5, 0.6) is 0 Å². The second-order valence-corrected chi connectivity index (χ2v) is 3.36. The van der Waals surface area contributed by atoms with Crippen molar-refractivity contribution in [2.45, 2.75) is 19.3 Å². The largest absolute Gasteiger partial charge is 0.481 e. The quantitative estimate of drug-likeness (QED) is 0.727. The zero-order chi connectivity index (χ0) is 11.3. The van der Waals surface area contributed by atoms with E-state index in [0.717, 1.165) is 0 Å². The van der Waals surface area contributed by atoms with Crippen LogP contribution >= 0.6 is 11.6 Å². The molecule has 5 nitrogen and oxygen atoms in total. The maximum atomic E-state index is 10.4. The summed E-state index contributed by atoms with van der Waals surface area (Å²) in [5.74, 6) is -0.452. The van der Waals surface area contributed by atoms with Gasteiger partial charge < -0.3 is 10.2 Å². The lowest BCUT2D eigenvalue weighted by atomic mass is 10.2. The molecule has 0 bridgehead atoms. The molecule has 0 aromatic carbocycles. The van der Waals surface area contributed by atoms with Gasteiger partial charge in [0.05, 0.1) is 6.42 Å². The van der Waals surface area contributed by atoms with E-state index in [9.17, 15) is 4.79 Å². The van der Waals surface area contributed by atoms with E-state index in [-0.39, 0.29) is 18.2 Å². The van der Waals surface area contributed by atoms with Crippen LogP contribution in [0.1, 0.15) is 17.8 Å². The number of halogens is 1. The van der Waals surface area contributed by atoms with E-state index in [2.05, 4.69) is 9.97 Å². The molecular weight excluding hydrogens is 220 g/mol. The molecule has 0 unspecified atom stereocenters. The summed E-state index contributed by atoms with van der Waals surface area (Å²) >= 11 is 5.78. The molecule has 6 heteroatoms. The molecule has 0 saturated carbocycles. The number of rotatable bonds is 5. The molecule has 0 aliphatic carbocycles. The molecule has 0 aliphatic heterocycles. The first-order valence-corrected chi connectivity index (χ1v) is 4.84. The zero-order valence-electron chi connectivity index (χ0n) is 7.98. The number of hydrogen-bond acceptors (Lipinski definition) is 4. The fraction of sp³-hybridized carbons (Fsp3) is 0.444. The smallest absolute Gasteiger partial charge is 0.307 e. The van der Waals surface area contributed by atoms with Crippen LogP contribution in [-0.4, -0.2) is 32.8 Å². The third-order valence-corrected chi connectivity index (χ3v) is 2.09. The van der Waals surface area contributed by atoms with Crippen LogP contribution in [0.25, 0.3) is 0 Å². The fourth-order valence-electron chi connectivity index (χ4n) is 1.06. The van der Waals surface area contributed by atoms with E-state index in [1.807, 2.05) is 0 Å². The van der Waals surface area contributed by atoms with Gasteiger partial charge in [-0.15, -0.1) is 0 Å². The zero-order valence-corrected chi connectivity index (χ0v) is 8.74. The number of aliphatic hydroxyl groups excluding tert-OH is 1. The average molecular weight is 231 g/mol. The summed E-state index contributed by atoms with van der Waals surface area (Å²) in [5.41, 5.74) is 0.400. The third-order valence-electron chi connectivity index (χ3n) is 1.76. The lowest BCUT2D eigenvalue weighted by Gasteiger charge is -2.02. The molecule has 0 fully saturated rings. The average Bonchev–Trinajstić information content (AvgIpc) is 2.18. The molecule has 1 aromatic heterocycles. The Labute approximate surface area is 91.7 Å². The molecule has 0 saturated heterocycles. The summed E-state index contributed by atoms with van der Waals surface area (Å²) in [7, 11) is 0. The number of aryl methyl sites for hydroxylation is 1. The SMILES string of the molecule is O=C(O)Cc1cnc(CCCO)nc1Cl. The molecule has 0 amide bonds. The predicted molar refractivity (Wildman–Crippen MR) is 53.8 cm³/mol. The fourth-order valence-corrected chi connectivity index (χ4v) is 1.27. The van der Waals surface area contributed by atoms with Crippen molar-refractivity contribution < 1.29 is 15.0 Å². The van der Waals surface area contributed by atoms with Gasteiger partial charge in [0, 0.05) is 24.8 Å². The van der Waals surface area contributed by atoms with Gasteiger partial charge in [0.25, 0.3) is 0 Å². The number of nitrogens with zero attached hydrogens (tertiary/aromatic N) is 2. The second-order valence-electron chi connectivity index (χ2n) is 3.00. The van der Waals surface area contributed by atoms with E-state index in [0.29, 0.717) is 24.2 Å². The summed E-state index contributed by atoms with van der Waals surface area (Å²) in [6, 6.07) is 0. The Morgan fingerprint density at radius 3 is 2.80 bits per heavy atom. The highest BCUT2D eigenvalue weighted by atomic mass is 35.5. The van der Waals surface area contributed by atoms with Crippen molar-refractivity contribution in [3.05, 3.63) is 22.7 Å². The number of carboxylic acids is 1. The highest BCUT2D eigenvalue weighted by Crippen LogP contribution is 2.13. The molecule has 0 radical (unpaired) electrons. The van der Waals surface area contributed by atoms with Crippen LogP contribution in [0.3, 0.4) is 0 Å². The summed E-state index contributed by atoms with van der Waals surface area (Å²) in [4.78, 5) is 18.3. The predicted octanol–water partition coefficient (Wildman–Crippen LogP) is 0.682. The Kier molecular flexibility index (Phi) is 4.45. The monoisotopic (exact) mass is 230 g/mol. The number of hydrogen-bond donors (Lipinski definition) is 2. The maximum Gasteiger partial charge on any atom is 0.307 e. The first-order valence-electron chi connectivity index (χ1n) is 4.46. The number of carbonyl (C=O) groups is 1. The Balaban J connectivity index is 2.74. The van der Waals surface area contributed by atoms with Gasteiger partial charge in [-0.05, 0) is 6.42 Å². The van der Waals surface area contributed by atoms with E-state index in [4.69, 9.17) is 21.8 Å². The topological polar surface area (TPSA) is 83.3 Å². The van der Waals surface area contributed by atoms with Gasteiger partial charge in [0.15, 0.2) is 0 Å². The van der Waals surface area contributed by atoms with E-state index < -0.39 is 5.97 Å². The van der Waals surface area contributed by atoms with Crippen LogP contribution in [0.15, 0.2) is 6.20 Å². The summed E-state index contributed by atoms with van der Waals surface area (Å²) in [6.07, 6.45) is 2.33. The maximum absolute atomic E-state index is 10.4. The van der Waals surface area contributed by atoms with Crippen LogP contribution in [0.2, 0.25) is 5.15 Å². The number of aliphatic hydroxyl groups is 1. The van der Waals surface area contributed by atoms with Crippen molar-refractivity contribution in [1.82, 2.24) is 9.97 Å². The number of aromatic nitrogens is 2. The van der Waals surface area contributed by atoms with Crippen molar-refractivity contribution in [1.29, 1.82) is 0 Å². The Morgan fingerprint density at radius 2 is 2.27 bits per heavy atom. The lowest BCUT2D eigenvalue weighted by molar-refractivity contribution is -0.136. The molecule has 82 valence electrons. The molecular formula is C9H11ClN2O3. The minimum atomic E-state index is -0.969. The normalized spacial score (nSPS) is 10.3. The van der Waals surface area contributed by atoms with Crippen LogP contribution < -0.4 is 0 Å². The van der Waals surface area contributed by atoms with Gasteiger partial charge in [0.1, 0.15) is 11.0 Å². The van der Waals surface area contributed by atoms with Gasteiger partial charge in [-0.2, -0.15) is 0 Å². The van der Waals surface area contributed by atoms with Crippen LogP contribution in [0, 0.1) is 0 Å². The lowest BCUT2D eigenvalue weighted by Crippen LogP contribution is -2.05. The van der Waals surface area contributed by atoms with Gasteiger partial charge in [-0.25, -0.2) is 9.97 Å².